The zero-order valence-electron chi connectivity index (χ0n) is 6.93. The van der Waals surface area contributed by atoms with E-state index in [0.717, 1.165) is 0 Å². The normalized spacial score (nSPS) is 8.69. The van der Waals surface area contributed by atoms with Crippen LogP contribution in [-0.2, 0) is 0 Å². The number of carbonyl (C=O) groups is 1. The number of carbonyl (C=O) groups excluding carboxylic acids is 1. The molecule has 0 aromatic heterocycles. The second kappa shape index (κ2) is 5.39. The van der Waals surface area contributed by atoms with Crippen molar-refractivity contribution in [3.05, 3.63) is 33.9 Å². The van der Waals surface area contributed by atoms with Gasteiger partial charge in [0, 0.05) is 22.6 Å². The van der Waals surface area contributed by atoms with Gasteiger partial charge in [-0.3, -0.25) is 14.9 Å². The Labute approximate surface area is 102 Å². The molecule has 0 aliphatic heterocycles. The first-order valence-electron chi connectivity index (χ1n) is 3.07. The van der Waals surface area contributed by atoms with E-state index < -0.39 is 4.92 Å². The van der Waals surface area contributed by atoms with Crippen molar-refractivity contribution in [3.63, 3.8) is 0 Å². The predicted molar refractivity (Wildman–Crippen MR) is 45.7 cm³/mol. The minimum Gasteiger partial charge on any atom is -0.298 e. The second-order valence-electron chi connectivity index (χ2n) is 2.12. The third kappa shape index (κ3) is 3.11. The summed E-state index contributed by atoms with van der Waals surface area (Å²) in [5, 5.41) is 10.2. The molecule has 0 atom stereocenters. The quantitative estimate of drug-likeness (QED) is 0.215. The molecule has 0 amide bonds. The summed E-state index contributed by atoms with van der Waals surface area (Å²) in [5.74, 6) is 0. The average Bonchev–Trinajstić information content (AvgIpc) is 2.05. The summed E-state index contributed by atoms with van der Waals surface area (Å²) in [6.07, 6.45) is 0.537. The van der Waals surface area contributed by atoms with E-state index in [0.29, 0.717) is 11.2 Å². The molecular weight excluding hydrogens is 201 g/mol. The van der Waals surface area contributed by atoms with Gasteiger partial charge in [0.2, 0.25) is 0 Å². The number of hydrogen-bond acceptors (Lipinski definition) is 4. The maximum atomic E-state index is 10.3. The Morgan fingerprint density at radius 1 is 1.46 bits per heavy atom. The fourth-order valence-electron chi connectivity index (χ4n) is 0.750. The average molecular weight is 206 g/mol. The number of nitro benzene ring substituents is 1. The van der Waals surface area contributed by atoms with Crippen LogP contribution in [0.15, 0.2) is 23.1 Å². The molecule has 0 fully saturated rings. The van der Waals surface area contributed by atoms with Crippen LogP contribution < -0.4 is 29.6 Å². The van der Waals surface area contributed by atoms with Gasteiger partial charge in [-0.25, -0.2) is 0 Å². The maximum absolute atomic E-state index is 10.3. The molecule has 1 rings (SSSR count). The van der Waals surface area contributed by atoms with Crippen LogP contribution in [0.3, 0.4) is 0 Å². The summed E-state index contributed by atoms with van der Waals surface area (Å²) < 4.78 is 0. The van der Waals surface area contributed by atoms with E-state index in [4.69, 9.17) is 0 Å². The van der Waals surface area contributed by atoms with Gasteiger partial charge in [0.25, 0.3) is 5.69 Å². The number of rotatable bonds is 2. The molecule has 0 aliphatic rings. The fourth-order valence-corrected chi connectivity index (χ4v) is 0.942. The number of benzene rings is 1. The van der Waals surface area contributed by atoms with E-state index in [1.165, 1.54) is 18.2 Å². The largest absolute Gasteiger partial charge is 1.00 e. The molecule has 0 heterocycles. The smallest absolute Gasteiger partial charge is 0.298 e. The Morgan fingerprint density at radius 2 is 2.08 bits per heavy atom. The number of aldehydes is 1. The van der Waals surface area contributed by atoms with Crippen molar-refractivity contribution in [2.75, 3.05) is 0 Å². The number of hydrogen-bond donors (Lipinski definition) is 1. The zero-order valence-corrected chi connectivity index (χ0v) is 9.82. The fraction of sp³-hybridized carbons (Fsp3) is 0. The van der Waals surface area contributed by atoms with Crippen LogP contribution in [0.1, 0.15) is 10.4 Å². The van der Waals surface area contributed by atoms with Crippen LogP contribution in [0.4, 0.5) is 5.69 Å². The van der Waals surface area contributed by atoms with Crippen molar-refractivity contribution in [2.45, 2.75) is 4.90 Å². The number of non-ortho nitro benzene ring substituents is 1. The van der Waals surface area contributed by atoms with Crippen molar-refractivity contribution in [1.29, 1.82) is 0 Å². The van der Waals surface area contributed by atoms with Crippen molar-refractivity contribution in [1.82, 2.24) is 0 Å². The summed E-state index contributed by atoms with van der Waals surface area (Å²) >= 11 is 3.94. The topological polar surface area (TPSA) is 60.2 Å². The van der Waals surface area contributed by atoms with Gasteiger partial charge in [0.15, 0.2) is 6.29 Å². The molecule has 4 nitrogen and oxygen atoms in total. The van der Waals surface area contributed by atoms with Gasteiger partial charge in [0.1, 0.15) is 0 Å². The first kappa shape index (κ1) is 12.6. The number of thiol groups is 1. The summed E-state index contributed by atoms with van der Waals surface area (Å²) in [4.78, 5) is 20.5. The second-order valence-corrected chi connectivity index (χ2v) is 2.60. The van der Waals surface area contributed by atoms with Crippen molar-refractivity contribution in [3.8, 4) is 0 Å². The van der Waals surface area contributed by atoms with E-state index in [9.17, 15) is 14.9 Å². The van der Waals surface area contributed by atoms with Crippen LogP contribution in [0, 0.1) is 10.1 Å². The molecule has 0 N–H and O–H groups in total. The molecule has 6 heteroatoms. The summed E-state index contributed by atoms with van der Waals surface area (Å²) in [7, 11) is 0. The minimum absolute atomic E-state index is 0. The van der Waals surface area contributed by atoms with Gasteiger partial charge < -0.3 is 0 Å². The summed E-state index contributed by atoms with van der Waals surface area (Å²) in [5.41, 5.74) is 0.127. The van der Waals surface area contributed by atoms with E-state index in [1.807, 2.05) is 0 Å². The molecule has 0 unspecified atom stereocenters. The van der Waals surface area contributed by atoms with Gasteiger partial charge >= 0.3 is 29.6 Å². The number of nitro groups is 1. The third-order valence-corrected chi connectivity index (χ3v) is 1.76. The van der Waals surface area contributed by atoms with E-state index >= 15 is 0 Å². The Morgan fingerprint density at radius 3 is 2.54 bits per heavy atom. The van der Waals surface area contributed by atoms with E-state index in [2.05, 4.69) is 12.6 Å². The maximum Gasteiger partial charge on any atom is 1.00 e. The molecule has 1 aromatic rings. The van der Waals surface area contributed by atoms with Crippen molar-refractivity contribution in [2.24, 2.45) is 0 Å². The molecule has 0 saturated heterocycles. The molecule has 0 radical (unpaired) electrons. The minimum atomic E-state index is -0.555. The van der Waals surface area contributed by atoms with Gasteiger partial charge in [0.05, 0.1) is 4.92 Å². The molecule has 0 aliphatic carbocycles. The van der Waals surface area contributed by atoms with Gasteiger partial charge in [-0.15, -0.1) is 12.6 Å². The summed E-state index contributed by atoms with van der Waals surface area (Å²) in [6.45, 7) is 0. The van der Waals surface area contributed by atoms with Crippen molar-refractivity contribution >= 4 is 24.6 Å². The monoisotopic (exact) mass is 206 g/mol. The van der Waals surface area contributed by atoms with Crippen LogP contribution in [0.25, 0.3) is 0 Å². The first-order chi connectivity index (χ1) is 5.65. The Kier molecular flexibility index (Phi) is 5.24. The molecule has 0 saturated carbocycles. The van der Waals surface area contributed by atoms with Gasteiger partial charge in [-0.05, 0) is 6.07 Å². The zero-order chi connectivity index (χ0) is 9.14. The van der Waals surface area contributed by atoms with Crippen LogP contribution in [-0.4, -0.2) is 11.2 Å². The Balaban J connectivity index is 0.00000144. The van der Waals surface area contributed by atoms with E-state index in [-0.39, 0.29) is 40.8 Å². The standard InChI is InChI=1S/C7H5NO3S.Na/c9-4-5-3-6(8(10)11)1-2-7(5)12;/h1-4,12H;/q;+1. The van der Waals surface area contributed by atoms with E-state index in [1.54, 1.807) is 0 Å². The van der Waals surface area contributed by atoms with Crippen molar-refractivity contribution < 1.29 is 39.3 Å². The Bertz CT molecular complexity index is 343. The molecule has 0 spiro atoms. The van der Waals surface area contributed by atoms with Gasteiger partial charge in [-0.2, -0.15) is 0 Å². The molecule has 62 valence electrons. The summed E-state index contributed by atoms with van der Waals surface area (Å²) in [6, 6.07) is 3.91. The molecule has 0 bridgehead atoms. The molecule has 1 aromatic carbocycles. The Hall–Kier alpha value is -0.360. The van der Waals surface area contributed by atoms with Crippen LogP contribution in [0.5, 0.6) is 0 Å². The van der Waals surface area contributed by atoms with Crippen LogP contribution >= 0.6 is 12.6 Å². The molecule has 13 heavy (non-hydrogen) atoms. The van der Waals surface area contributed by atoms with Crippen LogP contribution in [0.2, 0.25) is 0 Å². The number of nitrogens with zero attached hydrogens (tertiary/aromatic N) is 1. The predicted octanol–water partition coefficient (Wildman–Crippen LogP) is -1.30. The molecular formula is C7H5NNaO3S+. The third-order valence-electron chi connectivity index (χ3n) is 1.35. The SMILES string of the molecule is O=Cc1cc([N+](=O)[O-])ccc1S.[Na+]. The van der Waals surface area contributed by atoms with Gasteiger partial charge in [-0.1, -0.05) is 0 Å². The first-order valence-corrected chi connectivity index (χ1v) is 3.52.